The van der Waals surface area contributed by atoms with E-state index in [1.165, 1.54) is 24.2 Å². The number of amides is 1. The van der Waals surface area contributed by atoms with Gasteiger partial charge in [0.15, 0.2) is 4.67 Å². The first-order chi connectivity index (χ1) is 13.3. The minimum absolute atomic E-state index is 0.199. The Morgan fingerprint density at radius 1 is 1.14 bits per heavy atom. The van der Waals surface area contributed by atoms with Gasteiger partial charge in [-0.2, -0.15) is 0 Å². The molecule has 1 N–H and O–H groups in total. The van der Waals surface area contributed by atoms with Crippen LogP contribution in [0.3, 0.4) is 0 Å². The van der Waals surface area contributed by atoms with Gasteiger partial charge in [-0.3, -0.25) is 9.52 Å². The molecule has 2 aromatic rings. The molecule has 0 spiro atoms. The summed E-state index contributed by atoms with van der Waals surface area (Å²) in [4.78, 5) is 15.9. The second-order valence-electron chi connectivity index (χ2n) is 6.91. The number of halogens is 1. The van der Waals surface area contributed by atoms with Crippen LogP contribution in [0.25, 0.3) is 0 Å². The van der Waals surface area contributed by atoms with E-state index in [0.717, 1.165) is 18.8 Å². The lowest BCUT2D eigenvalue weighted by Gasteiger charge is -2.28. The van der Waals surface area contributed by atoms with Gasteiger partial charge in [-0.15, -0.1) is 0 Å². The molecule has 1 aromatic carbocycles. The third-order valence-electron chi connectivity index (χ3n) is 4.62. The fourth-order valence-electron chi connectivity index (χ4n) is 3.14. The van der Waals surface area contributed by atoms with Gasteiger partial charge < -0.3 is 14.2 Å². The number of piperidine rings is 1. The van der Waals surface area contributed by atoms with Gasteiger partial charge in [-0.25, -0.2) is 8.42 Å². The van der Waals surface area contributed by atoms with Gasteiger partial charge in [0.1, 0.15) is 11.5 Å². The maximum Gasteiger partial charge on any atom is 0.241 e. The number of nitrogens with one attached hydrogen (secondary N) is 1. The number of hydrogen-bond acceptors (Lipinski definition) is 5. The van der Waals surface area contributed by atoms with E-state index < -0.39 is 21.7 Å². The van der Waals surface area contributed by atoms with Gasteiger partial charge >= 0.3 is 0 Å². The normalized spacial score (nSPS) is 14.7. The summed E-state index contributed by atoms with van der Waals surface area (Å²) in [6.45, 7) is 2.25. The molecule has 0 unspecified atom stereocenters. The first-order valence-corrected chi connectivity index (χ1v) is 11.6. The lowest BCUT2D eigenvalue weighted by molar-refractivity contribution is -0.127. The zero-order valence-electron chi connectivity index (χ0n) is 15.7. The Hall–Kier alpha value is -2.00. The number of nitrogens with zero attached hydrogens (tertiary/aromatic N) is 2. The largest absolute Gasteiger partial charge is 0.452 e. The van der Waals surface area contributed by atoms with E-state index in [4.69, 9.17) is 4.42 Å². The molecule has 152 valence electrons. The molecular formula is C19H24BrN3O4S. The molecule has 1 aliphatic heterocycles. The summed E-state index contributed by atoms with van der Waals surface area (Å²) in [6, 6.07) is 10.7. The average molecular weight is 470 g/mol. The fraction of sp³-hybridized carbons (Fsp3) is 0.421. The summed E-state index contributed by atoms with van der Waals surface area (Å²) in [5.74, 6) is -0.564. The van der Waals surface area contributed by atoms with Crippen molar-refractivity contribution in [2.24, 2.45) is 0 Å². The Morgan fingerprint density at radius 3 is 2.43 bits per heavy atom. The van der Waals surface area contributed by atoms with E-state index in [-0.39, 0.29) is 6.54 Å². The topological polar surface area (TPSA) is 82.9 Å². The lowest BCUT2D eigenvalue weighted by Crippen LogP contribution is -2.34. The predicted molar refractivity (Wildman–Crippen MR) is 113 cm³/mol. The van der Waals surface area contributed by atoms with Crippen LogP contribution < -0.4 is 9.62 Å². The van der Waals surface area contributed by atoms with Crippen molar-refractivity contribution in [3.8, 4) is 0 Å². The van der Waals surface area contributed by atoms with Gasteiger partial charge in [-0.05, 0) is 71.6 Å². The molecule has 2 heterocycles. The molecule has 0 aliphatic carbocycles. The summed E-state index contributed by atoms with van der Waals surface area (Å²) in [7, 11) is -2.26. The minimum atomic E-state index is -3.80. The standard InChI is InChI=1S/C19H24BrN3O4S/c1-22(13-17-9-10-18(20)27-17)19(24)14-28(25,26)21-15-5-7-16(8-6-15)23-11-3-2-4-12-23/h5-10,21H,2-4,11-14H2,1H3. The number of carbonyl (C=O) groups is 1. The Bertz CT molecular complexity index is 906. The van der Waals surface area contributed by atoms with E-state index in [1.807, 2.05) is 12.1 Å². The van der Waals surface area contributed by atoms with E-state index >= 15 is 0 Å². The van der Waals surface area contributed by atoms with Crippen LogP contribution in [-0.2, 0) is 21.4 Å². The fourth-order valence-corrected chi connectivity index (χ4v) is 4.59. The van der Waals surface area contributed by atoms with Crippen LogP contribution in [0.1, 0.15) is 25.0 Å². The third kappa shape index (κ3) is 5.75. The predicted octanol–water partition coefficient (Wildman–Crippen LogP) is 3.43. The highest BCUT2D eigenvalue weighted by Crippen LogP contribution is 2.22. The molecule has 0 saturated carbocycles. The molecule has 9 heteroatoms. The minimum Gasteiger partial charge on any atom is -0.452 e. The molecule has 0 radical (unpaired) electrons. The van der Waals surface area contributed by atoms with Gasteiger partial charge in [0.25, 0.3) is 0 Å². The van der Waals surface area contributed by atoms with Crippen LogP contribution >= 0.6 is 15.9 Å². The van der Waals surface area contributed by atoms with E-state index in [9.17, 15) is 13.2 Å². The number of rotatable bonds is 7. The van der Waals surface area contributed by atoms with Crippen molar-refractivity contribution in [3.63, 3.8) is 0 Å². The van der Waals surface area contributed by atoms with Crippen LogP contribution in [0.2, 0.25) is 0 Å². The molecule has 0 bridgehead atoms. The molecule has 7 nitrogen and oxygen atoms in total. The Kier molecular flexibility index (Phi) is 6.66. The Morgan fingerprint density at radius 2 is 1.82 bits per heavy atom. The Labute approximate surface area is 173 Å². The summed E-state index contributed by atoms with van der Waals surface area (Å²) in [5, 5.41) is 0. The number of furan rings is 1. The summed E-state index contributed by atoms with van der Waals surface area (Å²) in [5.41, 5.74) is 1.54. The molecule has 1 aliphatic rings. The third-order valence-corrected chi connectivity index (χ3v) is 6.22. The van der Waals surface area contributed by atoms with Crippen LogP contribution in [0.5, 0.6) is 0 Å². The second-order valence-corrected chi connectivity index (χ2v) is 9.42. The molecule has 1 saturated heterocycles. The molecule has 28 heavy (non-hydrogen) atoms. The van der Waals surface area contributed by atoms with Crippen LogP contribution in [0.4, 0.5) is 11.4 Å². The summed E-state index contributed by atoms with van der Waals surface area (Å²) < 4.78 is 33.1. The molecule has 0 atom stereocenters. The highest BCUT2D eigenvalue weighted by Gasteiger charge is 2.21. The van der Waals surface area contributed by atoms with Crippen molar-refractivity contribution in [3.05, 3.63) is 46.8 Å². The summed E-state index contributed by atoms with van der Waals surface area (Å²) in [6.07, 6.45) is 3.62. The smallest absolute Gasteiger partial charge is 0.241 e. The SMILES string of the molecule is CN(Cc1ccc(Br)o1)C(=O)CS(=O)(=O)Nc1ccc(N2CCCCC2)cc1. The zero-order chi connectivity index (χ0) is 20.1. The van der Waals surface area contributed by atoms with E-state index in [0.29, 0.717) is 16.1 Å². The summed E-state index contributed by atoms with van der Waals surface area (Å²) >= 11 is 3.20. The number of benzene rings is 1. The van der Waals surface area contributed by atoms with Crippen LogP contribution in [0, 0.1) is 0 Å². The van der Waals surface area contributed by atoms with E-state index in [1.54, 1.807) is 31.3 Å². The second kappa shape index (κ2) is 9.00. The number of sulfonamides is 1. The van der Waals surface area contributed by atoms with Gasteiger partial charge in [-0.1, -0.05) is 0 Å². The van der Waals surface area contributed by atoms with Gasteiger partial charge in [0.2, 0.25) is 15.9 Å². The first-order valence-electron chi connectivity index (χ1n) is 9.16. The Balaban J connectivity index is 1.55. The van der Waals surface area contributed by atoms with Crippen molar-refractivity contribution in [2.75, 3.05) is 35.5 Å². The monoisotopic (exact) mass is 469 g/mol. The van der Waals surface area contributed by atoms with Crippen molar-refractivity contribution < 1.29 is 17.6 Å². The van der Waals surface area contributed by atoms with Crippen LogP contribution in [0.15, 0.2) is 45.5 Å². The highest BCUT2D eigenvalue weighted by molar-refractivity contribution is 9.10. The first kappa shape index (κ1) is 20.7. The number of carbonyl (C=O) groups excluding carboxylic acids is 1. The molecule has 1 aromatic heterocycles. The quantitative estimate of drug-likeness (QED) is 0.671. The molecule has 1 fully saturated rings. The molecule has 3 rings (SSSR count). The average Bonchev–Trinajstić information content (AvgIpc) is 3.07. The lowest BCUT2D eigenvalue weighted by atomic mass is 10.1. The van der Waals surface area contributed by atoms with Crippen LogP contribution in [-0.4, -0.2) is 45.1 Å². The zero-order valence-corrected chi connectivity index (χ0v) is 18.1. The number of anilines is 2. The van der Waals surface area contributed by atoms with Crippen molar-refractivity contribution in [2.45, 2.75) is 25.8 Å². The van der Waals surface area contributed by atoms with Gasteiger partial charge in [0.05, 0.1) is 6.54 Å². The maximum atomic E-state index is 12.4. The van der Waals surface area contributed by atoms with Crippen molar-refractivity contribution in [1.82, 2.24) is 4.90 Å². The van der Waals surface area contributed by atoms with Crippen molar-refractivity contribution >= 4 is 43.2 Å². The molecule has 1 amide bonds. The highest BCUT2D eigenvalue weighted by atomic mass is 79.9. The maximum absolute atomic E-state index is 12.4. The van der Waals surface area contributed by atoms with Crippen molar-refractivity contribution in [1.29, 1.82) is 0 Å². The number of hydrogen-bond donors (Lipinski definition) is 1. The van der Waals surface area contributed by atoms with E-state index in [2.05, 4.69) is 25.6 Å². The molecular weight excluding hydrogens is 446 g/mol. The van der Waals surface area contributed by atoms with Gasteiger partial charge in [0, 0.05) is 31.5 Å².